The first-order valence-corrected chi connectivity index (χ1v) is 9.66. The van der Waals surface area contributed by atoms with E-state index in [9.17, 15) is 4.79 Å². The van der Waals surface area contributed by atoms with E-state index >= 15 is 0 Å². The van der Waals surface area contributed by atoms with Gasteiger partial charge in [0.2, 0.25) is 5.91 Å². The third-order valence-electron chi connectivity index (χ3n) is 5.21. The average Bonchev–Trinajstić information content (AvgIpc) is 3.03. The highest BCUT2D eigenvalue weighted by molar-refractivity contribution is 5.78. The number of carbonyl (C=O) groups is 1. The minimum atomic E-state index is 0.0464. The summed E-state index contributed by atoms with van der Waals surface area (Å²) < 4.78 is 7.83. The van der Waals surface area contributed by atoms with Crippen LogP contribution in [0.3, 0.4) is 0 Å². The maximum Gasteiger partial charge on any atom is 0.248 e. The Morgan fingerprint density at radius 3 is 2.36 bits per heavy atom. The molecule has 0 unspecified atom stereocenters. The second-order valence-corrected chi connectivity index (χ2v) is 7.30. The molecular formula is C23H25N3O2. The minimum absolute atomic E-state index is 0.0464. The first kappa shape index (κ1) is 18.4. The molecule has 0 saturated carbocycles. The number of amides is 1. The molecule has 1 aromatic heterocycles. The quantitative estimate of drug-likeness (QED) is 0.636. The number of hydrogen-bond acceptors (Lipinski definition) is 3. The average molecular weight is 375 g/mol. The Kier molecular flexibility index (Phi) is 5.53. The van der Waals surface area contributed by atoms with Gasteiger partial charge in [-0.25, -0.2) is 4.98 Å². The van der Waals surface area contributed by atoms with Crippen LogP contribution in [0.15, 0.2) is 66.9 Å². The van der Waals surface area contributed by atoms with Crippen molar-refractivity contribution in [2.24, 2.45) is 0 Å². The topological polar surface area (TPSA) is 47.4 Å². The van der Waals surface area contributed by atoms with E-state index in [-0.39, 0.29) is 18.4 Å². The van der Waals surface area contributed by atoms with Gasteiger partial charge in [-0.2, -0.15) is 0 Å². The summed E-state index contributed by atoms with van der Waals surface area (Å²) in [6, 6.07) is 20.3. The van der Waals surface area contributed by atoms with Crippen molar-refractivity contribution in [3.63, 3.8) is 0 Å². The molecule has 2 heterocycles. The molecular weight excluding hydrogens is 350 g/mol. The number of likely N-dealkylation sites (tertiary alicyclic amines) is 1. The molecule has 1 saturated heterocycles. The number of ether oxygens (including phenoxy) is 1. The number of benzene rings is 2. The van der Waals surface area contributed by atoms with Crippen molar-refractivity contribution in [1.29, 1.82) is 0 Å². The van der Waals surface area contributed by atoms with E-state index in [1.54, 1.807) is 0 Å². The van der Waals surface area contributed by atoms with Crippen molar-refractivity contribution in [3.05, 3.63) is 89.5 Å². The molecule has 0 N–H and O–H groups in total. The van der Waals surface area contributed by atoms with Gasteiger partial charge in [0.15, 0.2) is 0 Å². The molecule has 1 aliphatic rings. The Labute approximate surface area is 165 Å². The fourth-order valence-electron chi connectivity index (χ4n) is 3.54. The maximum absolute atomic E-state index is 12.3. The van der Waals surface area contributed by atoms with Gasteiger partial charge in [-0.3, -0.25) is 4.79 Å². The van der Waals surface area contributed by atoms with E-state index < -0.39 is 0 Å². The zero-order valence-electron chi connectivity index (χ0n) is 16.1. The number of nitrogens with zero attached hydrogens (tertiary/aromatic N) is 3. The van der Waals surface area contributed by atoms with Gasteiger partial charge in [-0.15, -0.1) is 0 Å². The van der Waals surface area contributed by atoms with Crippen LogP contribution >= 0.6 is 0 Å². The van der Waals surface area contributed by atoms with Gasteiger partial charge in [0.1, 0.15) is 12.4 Å². The molecule has 0 spiro atoms. The Balaban J connectivity index is 1.30. The van der Waals surface area contributed by atoms with Gasteiger partial charge in [0, 0.05) is 31.5 Å². The van der Waals surface area contributed by atoms with Gasteiger partial charge in [0.05, 0.1) is 12.5 Å². The summed E-state index contributed by atoms with van der Waals surface area (Å²) in [5.74, 6) is 1.40. The number of imidazole rings is 1. The second-order valence-electron chi connectivity index (χ2n) is 7.30. The van der Waals surface area contributed by atoms with E-state index in [1.165, 1.54) is 5.56 Å². The maximum atomic E-state index is 12.3. The Morgan fingerprint density at radius 1 is 1.04 bits per heavy atom. The van der Waals surface area contributed by atoms with Gasteiger partial charge in [-0.05, 0) is 18.1 Å². The fourth-order valence-corrected chi connectivity index (χ4v) is 3.54. The third kappa shape index (κ3) is 4.15. The molecule has 5 heteroatoms. The predicted octanol–water partition coefficient (Wildman–Crippen LogP) is 3.38. The van der Waals surface area contributed by atoms with Gasteiger partial charge in [-0.1, -0.05) is 60.7 Å². The van der Waals surface area contributed by atoms with Crippen LogP contribution in [0, 0.1) is 6.92 Å². The lowest BCUT2D eigenvalue weighted by Gasteiger charge is -2.39. The first-order valence-electron chi connectivity index (χ1n) is 9.66. The Morgan fingerprint density at radius 2 is 1.68 bits per heavy atom. The smallest absolute Gasteiger partial charge is 0.248 e. The van der Waals surface area contributed by atoms with Crippen LogP contribution in [-0.2, 0) is 22.7 Å². The van der Waals surface area contributed by atoms with Crippen LogP contribution in [0.1, 0.15) is 28.6 Å². The molecule has 1 aliphatic heterocycles. The molecule has 0 atom stereocenters. The highest BCUT2D eigenvalue weighted by Gasteiger charge is 2.34. The van der Waals surface area contributed by atoms with Crippen LogP contribution < -0.4 is 0 Å². The summed E-state index contributed by atoms with van der Waals surface area (Å²) >= 11 is 0. The largest absolute Gasteiger partial charge is 0.367 e. The monoisotopic (exact) mass is 375 g/mol. The van der Waals surface area contributed by atoms with Crippen LogP contribution in [0.25, 0.3) is 0 Å². The zero-order valence-corrected chi connectivity index (χ0v) is 16.1. The molecule has 1 amide bonds. The van der Waals surface area contributed by atoms with Crippen molar-refractivity contribution in [1.82, 2.24) is 14.5 Å². The summed E-state index contributed by atoms with van der Waals surface area (Å²) in [5, 5.41) is 0. The van der Waals surface area contributed by atoms with Crippen LogP contribution in [0.2, 0.25) is 0 Å². The van der Waals surface area contributed by atoms with Crippen molar-refractivity contribution in [2.75, 3.05) is 19.7 Å². The predicted molar refractivity (Wildman–Crippen MR) is 108 cm³/mol. The molecule has 0 aliphatic carbocycles. The van der Waals surface area contributed by atoms with Gasteiger partial charge < -0.3 is 14.2 Å². The fraction of sp³-hybridized carbons (Fsp3) is 0.304. The van der Waals surface area contributed by atoms with Crippen molar-refractivity contribution in [2.45, 2.75) is 26.0 Å². The highest BCUT2D eigenvalue weighted by Crippen LogP contribution is 2.27. The molecule has 0 radical (unpaired) electrons. The highest BCUT2D eigenvalue weighted by atomic mass is 16.5. The molecule has 5 nitrogen and oxygen atoms in total. The lowest BCUT2D eigenvalue weighted by atomic mass is 9.99. The summed E-state index contributed by atoms with van der Waals surface area (Å²) in [6.45, 7) is 4.90. The number of hydrogen-bond donors (Lipinski definition) is 0. The second kappa shape index (κ2) is 8.40. The van der Waals surface area contributed by atoms with Gasteiger partial charge >= 0.3 is 0 Å². The molecule has 3 aromatic rings. The van der Waals surface area contributed by atoms with Crippen LogP contribution in [-0.4, -0.2) is 40.1 Å². The van der Waals surface area contributed by atoms with E-state index in [4.69, 9.17) is 4.74 Å². The number of rotatable bonds is 7. The molecule has 2 aromatic carbocycles. The first-order chi connectivity index (χ1) is 13.7. The SMILES string of the molecule is Cc1cnc(C2CN(C(=O)COCc3ccccc3)C2)n1Cc1ccccc1. The normalized spacial score (nSPS) is 14.1. The van der Waals surface area contributed by atoms with Crippen molar-refractivity contribution < 1.29 is 9.53 Å². The number of carbonyl (C=O) groups excluding carboxylic acids is 1. The summed E-state index contributed by atoms with van der Waals surface area (Å²) in [5.41, 5.74) is 3.48. The lowest BCUT2D eigenvalue weighted by Crippen LogP contribution is -2.50. The van der Waals surface area contributed by atoms with Crippen molar-refractivity contribution >= 4 is 5.91 Å². The Bertz CT molecular complexity index is 916. The standard InChI is InChI=1S/C23H25N3O2/c1-18-12-24-23(26(18)13-19-8-4-2-5-9-19)21-14-25(15-21)22(27)17-28-16-20-10-6-3-7-11-20/h2-12,21H,13-17H2,1H3. The summed E-state index contributed by atoms with van der Waals surface area (Å²) in [7, 11) is 0. The molecule has 0 bridgehead atoms. The Hall–Kier alpha value is -2.92. The molecule has 28 heavy (non-hydrogen) atoms. The number of aryl methyl sites for hydroxylation is 1. The zero-order chi connectivity index (χ0) is 19.3. The molecule has 144 valence electrons. The van der Waals surface area contributed by atoms with E-state index in [1.807, 2.05) is 47.5 Å². The lowest BCUT2D eigenvalue weighted by molar-refractivity contribution is -0.141. The van der Waals surface area contributed by atoms with E-state index in [0.29, 0.717) is 19.7 Å². The number of aromatic nitrogens is 2. The van der Waals surface area contributed by atoms with Crippen LogP contribution in [0.4, 0.5) is 0 Å². The minimum Gasteiger partial charge on any atom is -0.367 e. The van der Waals surface area contributed by atoms with Gasteiger partial charge in [0.25, 0.3) is 0 Å². The van der Waals surface area contributed by atoms with E-state index in [0.717, 1.165) is 23.6 Å². The van der Waals surface area contributed by atoms with Crippen molar-refractivity contribution in [3.8, 4) is 0 Å². The summed E-state index contributed by atoms with van der Waals surface area (Å²) in [6.07, 6.45) is 1.92. The summed E-state index contributed by atoms with van der Waals surface area (Å²) in [4.78, 5) is 18.8. The van der Waals surface area contributed by atoms with E-state index in [2.05, 4.69) is 40.7 Å². The third-order valence-corrected chi connectivity index (χ3v) is 5.21. The van der Waals surface area contributed by atoms with Crippen LogP contribution in [0.5, 0.6) is 0 Å². The molecule has 1 fully saturated rings. The molecule has 4 rings (SSSR count).